The molecule has 0 bridgehead atoms. The Balaban J connectivity index is 0.00000304. The lowest BCUT2D eigenvalue weighted by atomic mass is 9.82. The van der Waals surface area contributed by atoms with E-state index >= 15 is 4.39 Å². The number of pyridine rings is 1. The van der Waals surface area contributed by atoms with E-state index in [-0.39, 0.29) is 57.6 Å². The van der Waals surface area contributed by atoms with Gasteiger partial charge in [-0.25, -0.2) is 18.0 Å². The molecule has 1 saturated heterocycles. The number of carbonyl (C=O) groups is 1. The molecule has 2 heterocycles. The van der Waals surface area contributed by atoms with Gasteiger partial charge in [-0.05, 0) is 37.6 Å². The van der Waals surface area contributed by atoms with Gasteiger partial charge in [0, 0.05) is 37.3 Å². The molecule has 0 spiro atoms. The van der Waals surface area contributed by atoms with Gasteiger partial charge in [0.1, 0.15) is 23.0 Å². The van der Waals surface area contributed by atoms with Crippen molar-refractivity contribution >= 4 is 46.6 Å². The molecule has 1 aliphatic carbocycles. The first kappa shape index (κ1) is 26.1. The van der Waals surface area contributed by atoms with Crippen molar-refractivity contribution in [1.82, 2.24) is 9.88 Å². The number of likely N-dealkylation sites (N-methyl/N-ethyl adjacent to an activating group) is 1. The molecule has 0 saturated carbocycles. The number of allylic oxidation sites excluding steroid dienone is 1. The summed E-state index contributed by atoms with van der Waals surface area (Å²) in [6.45, 7) is 1.03. The van der Waals surface area contributed by atoms with E-state index in [2.05, 4.69) is 17.5 Å². The van der Waals surface area contributed by atoms with Gasteiger partial charge in [-0.2, -0.15) is 0 Å². The minimum Gasteiger partial charge on any atom is -0.477 e. The number of nitrogens with one attached hydrogen (secondary N) is 1. The number of aromatic carboxylic acids is 1. The molecule has 6 nitrogen and oxygen atoms in total. The van der Waals surface area contributed by atoms with Crippen molar-refractivity contribution < 1.29 is 23.1 Å². The van der Waals surface area contributed by atoms with Crippen LogP contribution in [0.5, 0.6) is 0 Å². The molecule has 11 heteroatoms. The number of hydrogen-bond acceptors (Lipinski definition) is 4. The molecule has 2 aliphatic rings. The third-order valence-corrected chi connectivity index (χ3v) is 7.30. The highest BCUT2D eigenvalue weighted by Crippen LogP contribution is 2.42. The first-order valence-electron chi connectivity index (χ1n) is 11.1. The molecular weight excluding hydrogens is 518 g/mol. The zero-order chi connectivity index (χ0) is 25.0. The maximum Gasteiger partial charge on any atom is 0.341 e. The third-order valence-electron chi connectivity index (χ3n) is 6.94. The number of carboxylic acid groups (broad SMARTS) is 1. The fourth-order valence-electron chi connectivity index (χ4n) is 5.30. The van der Waals surface area contributed by atoms with Gasteiger partial charge in [0.25, 0.3) is 0 Å². The largest absolute Gasteiger partial charge is 0.477 e. The van der Waals surface area contributed by atoms with Crippen LogP contribution in [-0.2, 0) is 0 Å². The number of carboxylic acids is 1. The van der Waals surface area contributed by atoms with Gasteiger partial charge < -0.3 is 19.9 Å². The van der Waals surface area contributed by atoms with Crippen molar-refractivity contribution in [3.05, 3.63) is 80.9 Å². The van der Waals surface area contributed by atoms with Crippen LogP contribution in [0.1, 0.15) is 16.8 Å². The highest BCUT2D eigenvalue weighted by Gasteiger charge is 2.39. The third kappa shape index (κ3) is 4.15. The first-order chi connectivity index (χ1) is 16.7. The Labute approximate surface area is 215 Å². The maximum atomic E-state index is 15.5. The molecule has 1 aromatic heterocycles. The number of halogens is 5. The van der Waals surface area contributed by atoms with Gasteiger partial charge in [0.2, 0.25) is 5.43 Å². The van der Waals surface area contributed by atoms with E-state index in [0.29, 0.717) is 19.2 Å². The van der Waals surface area contributed by atoms with Crippen LogP contribution < -0.4 is 15.6 Å². The number of hydrogen-bond donors (Lipinski definition) is 2. The molecule has 36 heavy (non-hydrogen) atoms. The van der Waals surface area contributed by atoms with E-state index in [0.717, 1.165) is 35.4 Å². The van der Waals surface area contributed by atoms with Crippen LogP contribution in [0, 0.1) is 29.3 Å². The Morgan fingerprint density at radius 2 is 1.92 bits per heavy atom. The fraction of sp³-hybridized carbons (Fsp3) is 0.280. The van der Waals surface area contributed by atoms with Gasteiger partial charge >= 0.3 is 5.97 Å². The number of nitrogens with zero attached hydrogens (tertiary/aromatic N) is 2. The van der Waals surface area contributed by atoms with Gasteiger partial charge in [0.05, 0.1) is 27.3 Å². The summed E-state index contributed by atoms with van der Waals surface area (Å²) in [5, 5.41) is 12.3. The van der Waals surface area contributed by atoms with Crippen LogP contribution in [-0.4, -0.2) is 41.8 Å². The summed E-state index contributed by atoms with van der Waals surface area (Å²) in [6.07, 6.45) is 5.94. The highest BCUT2D eigenvalue weighted by molar-refractivity contribution is 6.38. The Morgan fingerprint density at radius 3 is 2.58 bits per heavy atom. The number of anilines is 1. The van der Waals surface area contributed by atoms with Crippen LogP contribution in [0.15, 0.2) is 47.4 Å². The number of rotatable bonds is 4. The second-order valence-electron chi connectivity index (χ2n) is 8.87. The zero-order valence-corrected chi connectivity index (χ0v) is 20.5. The smallest absolute Gasteiger partial charge is 0.341 e. The van der Waals surface area contributed by atoms with Crippen molar-refractivity contribution in [2.24, 2.45) is 11.8 Å². The van der Waals surface area contributed by atoms with Crippen molar-refractivity contribution in [2.45, 2.75) is 12.5 Å². The van der Waals surface area contributed by atoms with E-state index in [1.807, 2.05) is 11.9 Å². The fourth-order valence-corrected chi connectivity index (χ4v) is 5.70. The lowest BCUT2D eigenvalue weighted by molar-refractivity contribution is 0.0695. The lowest BCUT2D eigenvalue weighted by Crippen LogP contribution is -2.38. The first-order valence-corrected chi connectivity index (χ1v) is 11.4. The standard InChI is InChI=1S/C25H21ClF3N3O3.ClH/c1-30-19-4-2-3-12-9-31(10-15(12)19)23-18(29)8-14-22(21(23)26)32(11-16(24(14)33)25(34)35)20-6-5-13(27)7-17(20)28;/h2,4-8,11-12,15,19,30H,3,9-10H2,1H3,(H,34,35);1H. The summed E-state index contributed by atoms with van der Waals surface area (Å²) in [5.74, 6) is -3.70. The molecule has 3 aromatic rings. The highest BCUT2D eigenvalue weighted by atomic mass is 35.5. The second-order valence-corrected chi connectivity index (χ2v) is 9.25. The predicted octanol–water partition coefficient (Wildman–Crippen LogP) is 4.78. The Hall–Kier alpha value is -3.01. The van der Waals surface area contributed by atoms with E-state index in [1.165, 1.54) is 0 Å². The molecule has 2 aromatic carbocycles. The SMILES string of the molecule is CNC1C=CCC2CN(c3c(F)cc4c(=O)c(C(=O)O)cn(-c5ccc(F)cc5F)c4c3Cl)CC21.Cl. The molecule has 3 unspecified atom stereocenters. The molecule has 2 N–H and O–H groups in total. The minimum absolute atomic E-state index is 0. The number of aromatic nitrogens is 1. The average molecular weight is 540 g/mol. The number of benzene rings is 2. The van der Waals surface area contributed by atoms with Crippen molar-refractivity contribution in [3.8, 4) is 5.69 Å². The summed E-state index contributed by atoms with van der Waals surface area (Å²) < 4.78 is 44.9. The van der Waals surface area contributed by atoms with E-state index in [9.17, 15) is 23.5 Å². The average Bonchev–Trinajstić information content (AvgIpc) is 3.23. The minimum atomic E-state index is -1.57. The van der Waals surface area contributed by atoms with Crippen LogP contribution >= 0.6 is 24.0 Å². The molecule has 0 amide bonds. The van der Waals surface area contributed by atoms with Gasteiger partial charge in [-0.1, -0.05) is 23.8 Å². The maximum absolute atomic E-state index is 15.5. The van der Waals surface area contributed by atoms with E-state index in [1.54, 1.807) is 0 Å². The summed E-state index contributed by atoms with van der Waals surface area (Å²) in [7, 11) is 1.86. The van der Waals surface area contributed by atoms with Crippen LogP contribution in [0.25, 0.3) is 16.6 Å². The van der Waals surface area contributed by atoms with Crippen LogP contribution in [0.3, 0.4) is 0 Å². The Morgan fingerprint density at radius 1 is 1.17 bits per heavy atom. The molecule has 190 valence electrons. The Bertz CT molecular complexity index is 1460. The lowest BCUT2D eigenvalue weighted by Gasteiger charge is -2.28. The quantitative estimate of drug-likeness (QED) is 0.466. The second kappa shape index (κ2) is 9.80. The molecule has 0 radical (unpaired) electrons. The van der Waals surface area contributed by atoms with Gasteiger partial charge in [-0.3, -0.25) is 4.79 Å². The van der Waals surface area contributed by atoms with Crippen molar-refractivity contribution in [3.63, 3.8) is 0 Å². The topological polar surface area (TPSA) is 74.6 Å². The molecular formula is C25H22Cl2F3N3O3. The van der Waals surface area contributed by atoms with Crippen LogP contribution in [0.2, 0.25) is 5.02 Å². The van der Waals surface area contributed by atoms with Gasteiger partial charge in [0.15, 0.2) is 0 Å². The van der Waals surface area contributed by atoms with Gasteiger partial charge in [-0.15, -0.1) is 12.4 Å². The van der Waals surface area contributed by atoms with E-state index < -0.39 is 34.4 Å². The summed E-state index contributed by atoms with van der Waals surface area (Å²) in [4.78, 5) is 26.4. The summed E-state index contributed by atoms with van der Waals surface area (Å²) in [6, 6.07) is 3.79. The summed E-state index contributed by atoms with van der Waals surface area (Å²) >= 11 is 6.72. The Kier molecular flexibility index (Phi) is 7.10. The summed E-state index contributed by atoms with van der Waals surface area (Å²) in [5.41, 5.74) is -1.87. The van der Waals surface area contributed by atoms with Crippen molar-refractivity contribution in [2.75, 3.05) is 25.0 Å². The van der Waals surface area contributed by atoms with Crippen LogP contribution in [0.4, 0.5) is 18.9 Å². The molecule has 1 fully saturated rings. The predicted molar refractivity (Wildman–Crippen MR) is 134 cm³/mol. The monoisotopic (exact) mass is 539 g/mol. The molecule has 1 aliphatic heterocycles. The van der Waals surface area contributed by atoms with E-state index in [4.69, 9.17) is 11.6 Å². The van der Waals surface area contributed by atoms with Crippen molar-refractivity contribution in [1.29, 1.82) is 0 Å². The zero-order valence-electron chi connectivity index (χ0n) is 19.0. The molecule has 5 rings (SSSR count). The normalized spacial score (nSPS) is 20.9. The molecule has 3 atom stereocenters. The number of fused-ring (bicyclic) bond motifs is 2.